The van der Waals surface area contributed by atoms with Crippen LogP contribution < -0.4 is 11.1 Å². The van der Waals surface area contributed by atoms with Crippen LogP contribution in [0.1, 0.15) is 0 Å². The lowest BCUT2D eigenvalue weighted by Gasteiger charge is -2.06. The number of rotatable bonds is 3. The first-order valence-corrected chi connectivity index (χ1v) is 4.66. The number of hydrogen-bond acceptors (Lipinski definition) is 5. The van der Waals surface area contributed by atoms with Crippen molar-refractivity contribution < 1.29 is 5.11 Å². The van der Waals surface area contributed by atoms with Gasteiger partial charge in [-0.3, -0.25) is 0 Å². The third kappa shape index (κ3) is 1.97. The molecule has 0 fully saturated rings. The van der Waals surface area contributed by atoms with Crippen LogP contribution in [0.3, 0.4) is 0 Å². The van der Waals surface area contributed by atoms with E-state index in [1.807, 2.05) is 6.07 Å². The molecule has 1 aromatic heterocycles. The van der Waals surface area contributed by atoms with Crippen LogP contribution in [-0.4, -0.2) is 28.2 Å². The van der Waals surface area contributed by atoms with Crippen molar-refractivity contribution in [2.75, 3.05) is 24.2 Å². The first-order valence-electron chi connectivity index (χ1n) is 4.66. The third-order valence-corrected chi connectivity index (χ3v) is 2.06. The molecule has 78 valence electrons. The molecule has 1 aromatic carbocycles. The molecule has 5 heteroatoms. The number of aliphatic hydroxyl groups is 1. The summed E-state index contributed by atoms with van der Waals surface area (Å²) in [5.74, 6) is 0.717. The lowest BCUT2D eigenvalue weighted by molar-refractivity contribution is 0.311. The smallest absolute Gasteiger partial charge is 0.137 e. The van der Waals surface area contributed by atoms with Gasteiger partial charge in [-0.2, -0.15) is 0 Å². The van der Waals surface area contributed by atoms with Crippen molar-refractivity contribution >= 4 is 22.4 Å². The van der Waals surface area contributed by atoms with E-state index in [1.54, 1.807) is 12.1 Å². The van der Waals surface area contributed by atoms with E-state index >= 15 is 0 Å². The second-order valence-electron chi connectivity index (χ2n) is 3.15. The van der Waals surface area contributed by atoms with E-state index in [9.17, 15) is 0 Å². The summed E-state index contributed by atoms with van der Waals surface area (Å²) in [6.45, 7) is 0.539. The molecule has 0 saturated heterocycles. The lowest BCUT2D eigenvalue weighted by Crippen LogP contribution is -2.07. The highest BCUT2D eigenvalue weighted by Gasteiger charge is 2.02. The Labute approximate surface area is 87.0 Å². The fourth-order valence-electron chi connectivity index (χ4n) is 1.39. The van der Waals surface area contributed by atoms with Gasteiger partial charge in [0.2, 0.25) is 0 Å². The number of nitrogens with one attached hydrogen (secondary N) is 1. The largest absolute Gasteiger partial charge is 0.399 e. The molecule has 0 aliphatic rings. The van der Waals surface area contributed by atoms with Gasteiger partial charge in [0.05, 0.1) is 12.1 Å². The second-order valence-corrected chi connectivity index (χ2v) is 3.15. The Balaban J connectivity index is 2.46. The zero-order valence-electron chi connectivity index (χ0n) is 8.14. The minimum Gasteiger partial charge on any atom is -0.399 e. The Hall–Kier alpha value is -1.88. The molecule has 0 bridgehead atoms. The van der Waals surface area contributed by atoms with E-state index < -0.39 is 0 Å². The van der Waals surface area contributed by atoms with Crippen molar-refractivity contribution in [1.29, 1.82) is 0 Å². The molecule has 2 rings (SSSR count). The van der Waals surface area contributed by atoms with Gasteiger partial charge in [0.15, 0.2) is 0 Å². The Bertz CT molecular complexity index is 472. The topological polar surface area (TPSA) is 84.1 Å². The average molecular weight is 204 g/mol. The Morgan fingerprint density at radius 2 is 2.20 bits per heavy atom. The molecule has 0 spiro atoms. The molecule has 5 nitrogen and oxygen atoms in total. The third-order valence-electron chi connectivity index (χ3n) is 2.06. The normalized spacial score (nSPS) is 10.5. The number of aliphatic hydroxyl groups excluding tert-OH is 1. The number of nitrogens with zero attached hydrogens (tertiary/aromatic N) is 2. The van der Waals surface area contributed by atoms with E-state index in [0.29, 0.717) is 18.1 Å². The number of nitrogen functional groups attached to an aromatic ring is 1. The van der Waals surface area contributed by atoms with Crippen molar-refractivity contribution in [3.8, 4) is 0 Å². The van der Waals surface area contributed by atoms with Gasteiger partial charge in [-0.15, -0.1) is 0 Å². The number of fused-ring (bicyclic) bond motifs is 1. The van der Waals surface area contributed by atoms with E-state index in [4.69, 9.17) is 10.8 Å². The monoisotopic (exact) mass is 204 g/mol. The van der Waals surface area contributed by atoms with E-state index in [0.717, 1.165) is 10.9 Å². The van der Waals surface area contributed by atoms with Crippen LogP contribution in [0.25, 0.3) is 10.9 Å². The summed E-state index contributed by atoms with van der Waals surface area (Å²) in [7, 11) is 0. The number of hydrogen-bond donors (Lipinski definition) is 3. The molecule has 0 saturated carbocycles. The summed E-state index contributed by atoms with van der Waals surface area (Å²) in [4.78, 5) is 8.22. The molecule has 0 unspecified atom stereocenters. The number of nitrogens with two attached hydrogens (primary N) is 1. The van der Waals surface area contributed by atoms with Gasteiger partial charge < -0.3 is 16.2 Å². The van der Waals surface area contributed by atoms with Gasteiger partial charge in [-0.1, -0.05) is 0 Å². The van der Waals surface area contributed by atoms with Gasteiger partial charge in [0, 0.05) is 17.6 Å². The molecule has 4 N–H and O–H groups in total. The van der Waals surface area contributed by atoms with Crippen molar-refractivity contribution in [1.82, 2.24) is 9.97 Å². The van der Waals surface area contributed by atoms with Crippen LogP contribution in [0.15, 0.2) is 24.5 Å². The summed E-state index contributed by atoms with van der Waals surface area (Å²) in [5.41, 5.74) is 7.13. The van der Waals surface area contributed by atoms with Gasteiger partial charge in [-0.05, 0) is 18.2 Å². The molecule has 0 radical (unpaired) electrons. The van der Waals surface area contributed by atoms with Crippen LogP contribution in [0, 0.1) is 0 Å². The number of anilines is 2. The molecule has 1 heterocycles. The van der Waals surface area contributed by atoms with Gasteiger partial charge in [0.25, 0.3) is 0 Å². The zero-order chi connectivity index (χ0) is 10.7. The molecule has 0 aliphatic carbocycles. The molecule has 0 atom stereocenters. The van der Waals surface area contributed by atoms with Crippen LogP contribution >= 0.6 is 0 Å². The Morgan fingerprint density at radius 3 is 3.00 bits per heavy atom. The fourth-order valence-corrected chi connectivity index (χ4v) is 1.39. The van der Waals surface area contributed by atoms with Crippen LogP contribution in [-0.2, 0) is 0 Å². The predicted octanol–water partition coefficient (Wildman–Crippen LogP) is 0.616. The van der Waals surface area contributed by atoms with Gasteiger partial charge >= 0.3 is 0 Å². The molecule has 0 amide bonds. The van der Waals surface area contributed by atoms with Gasteiger partial charge in [-0.25, -0.2) is 9.97 Å². The molecule has 0 aliphatic heterocycles. The maximum absolute atomic E-state index is 8.72. The number of aromatic nitrogens is 2. The summed E-state index contributed by atoms with van der Waals surface area (Å²) in [6.07, 6.45) is 1.47. The lowest BCUT2D eigenvalue weighted by atomic mass is 10.2. The van der Waals surface area contributed by atoms with Crippen LogP contribution in [0.5, 0.6) is 0 Å². The highest BCUT2D eigenvalue weighted by atomic mass is 16.3. The zero-order valence-corrected chi connectivity index (χ0v) is 8.14. The summed E-state index contributed by atoms with van der Waals surface area (Å²) in [5, 5.41) is 12.6. The molecular weight excluding hydrogens is 192 g/mol. The fraction of sp³-hybridized carbons (Fsp3) is 0.200. The maximum atomic E-state index is 8.72. The first kappa shape index (κ1) is 9.67. The Kier molecular flexibility index (Phi) is 2.64. The minimum absolute atomic E-state index is 0.0699. The summed E-state index contributed by atoms with van der Waals surface area (Å²) < 4.78 is 0. The van der Waals surface area contributed by atoms with Gasteiger partial charge in [0.1, 0.15) is 12.1 Å². The van der Waals surface area contributed by atoms with Crippen LogP contribution in [0.4, 0.5) is 11.5 Å². The quantitative estimate of drug-likeness (QED) is 0.638. The molecule has 15 heavy (non-hydrogen) atoms. The average Bonchev–Trinajstić information content (AvgIpc) is 2.25. The summed E-state index contributed by atoms with van der Waals surface area (Å²) >= 11 is 0. The van der Waals surface area contributed by atoms with E-state index in [-0.39, 0.29) is 6.61 Å². The molecular formula is C10H12N4O. The van der Waals surface area contributed by atoms with E-state index in [1.165, 1.54) is 6.33 Å². The number of benzene rings is 1. The second kappa shape index (κ2) is 4.10. The highest BCUT2D eigenvalue weighted by molar-refractivity contribution is 5.90. The first-order chi connectivity index (χ1) is 7.31. The van der Waals surface area contributed by atoms with E-state index in [2.05, 4.69) is 15.3 Å². The summed E-state index contributed by atoms with van der Waals surface area (Å²) in [6, 6.07) is 5.46. The predicted molar refractivity (Wildman–Crippen MR) is 59.5 cm³/mol. The highest BCUT2D eigenvalue weighted by Crippen LogP contribution is 2.20. The van der Waals surface area contributed by atoms with Crippen LogP contribution in [0.2, 0.25) is 0 Å². The van der Waals surface area contributed by atoms with Crippen molar-refractivity contribution in [3.63, 3.8) is 0 Å². The SMILES string of the molecule is Nc1ccc2c(NCCO)ncnc2c1. The van der Waals surface area contributed by atoms with Crippen molar-refractivity contribution in [3.05, 3.63) is 24.5 Å². The Morgan fingerprint density at radius 1 is 1.33 bits per heavy atom. The minimum atomic E-state index is 0.0699. The standard InChI is InChI=1S/C10H12N4O/c11-7-1-2-8-9(5-7)13-6-14-10(8)12-3-4-15/h1-2,5-6,15H,3-4,11H2,(H,12,13,14). The van der Waals surface area contributed by atoms with Crippen molar-refractivity contribution in [2.45, 2.75) is 0 Å². The van der Waals surface area contributed by atoms with Crippen molar-refractivity contribution in [2.24, 2.45) is 0 Å². The molecule has 2 aromatic rings. The maximum Gasteiger partial charge on any atom is 0.137 e.